The van der Waals surface area contributed by atoms with Crippen LogP contribution in [0.25, 0.3) is 0 Å². The molecule has 0 bridgehead atoms. The SMILES string of the molecule is CC(N)C(C)C(=O)OC1CCCc2ccccc21. The third-order valence-corrected chi connectivity index (χ3v) is 3.73. The van der Waals surface area contributed by atoms with Crippen molar-refractivity contribution >= 4 is 5.97 Å². The molecule has 1 aromatic rings. The monoisotopic (exact) mass is 247 g/mol. The van der Waals surface area contributed by atoms with Gasteiger partial charge >= 0.3 is 5.97 Å². The lowest BCUT2D eigenvalue weighted by Gasteiger charge is -2.27. The standard InChI is InChI=1S/C15H21NO2/c1-10(11(2)16)15(17)18-14-9-5-7-12-6-3-4-8-13(12)14/h3-4,6,8,10-11,14H,5,7,9,16H2,1-2H3. The topological polar surface area (TPSA) is 52.3 Å². The highest BCUT2D eigenvalue weighted by atomic mass is 16.5. The molecule has 18 heavy (non-hydrogen) atoms. The van der Waals surface area contributed by atoms with Gasteiger partial charge in [-0.1, -0.05) is 31.2 Å². The lowest BCUT2D eigenvalue weighted by atomic mass is 9.89. The van der Waals surface area contributed by atoms with Gasteiger partial charge in [-0.05, 0) is 37.3 Å². The van der Waals surface area contributed by atoms with Crippen LogP contribution in [-0.4, -0.2) is 12.0 Å². The average Bonchev–Trinajstić information content (AvgIpc) is 2.38. The number of fused-ring (bicyclic) bond motifs is 1. The van der Waals surface area contributed by atoms with Crippen LogP contribution in [0.2, 0.25) is 0 Å². The zero-order valence-electron chi connectivity index (χ0n) is 11.1. The molecule has 1 aliphatic carbocycles. The smallest absolute Gasteiger partial charge is 0.310 e. The molecule has 3 nitrogen and oxygen atoms in total. The van der Waals surface area contributed by atoms with Crippen LogP contribution >= 0.6 is 0 Å². The van der Waals surface area contributed by atoms with E-state index < -0.39 is 0 Å². The number of ether oxygens (including phenoxy) is 1. The van der Waals surface area contributed by atoms with Crippen LogP contribution in [0.5, 0.6) is 0 Å². The maximum Gasteiger partial charge on any atom is 0.310 e. The molecule has 3 unspecified atom stereocenters. The summed E-state index contributed by atoms with van der Waals surface area (Å²) in [6.45, 7) is 3.66. The zero-order valence-corrected chi connectivity index (χ0v) is 11.1. The van der Waals surface area contributed by atoms with Crippen LogP contribution in [0, 0.1) is 5.92 Å². The summed E-state index contributed by atoms with van der Waals surface area (Å²) in [6.07, 6.45) is 2.96. The van der Waals surface area contributed by atoms with Gasteiger partial charge in [0.25, 0.3) is 0 Å². The first-order valence-corrected chi connectivity index (χ1v) is 6.63. The normalized spacial score (nSPS) is 21.8. The highest BCUT2D eigenvalue weighted by molar-refractivity contribution is 5.73. The molecule has 3 atom stereocenters. The number of carbonyl (C=O) groups is 1. The van der Waals surface area contributed by atoms with Gasteiger partial charge in [-0.25, -0.2) is 0 Å². The number of nitrogens with two attached hydrogens (primary N) is 1. The van der Waals surface area contributed by atoms with Gasteiger partial charge in [-0.15, -0.1) is 0 Å². The number of hydrogen-bond acceptors (Lipinski definition) is 3. The van der Waals surface area contributed by atoms with Crippen molar-refractivity contribution in [2.45, 2.75) is 45.3 Å². The summed E-state index contributed by atoms with van der Waals surface area (Å²) >= 11 is 0. The van der Waals surface area contributed by atoms with E-state index in [2.05, 4.69) is 12.1 Å². The van der Waals surface area contributed by atoms with Crippen LogP contribution < -0.4 is 5.73 Å². The van der Waals surface area contributed by atoms with E-state index in [0.29, 0.717) is 0 Å². The fourth-order valence-corrected chi connectivity index (χ4v) is 2.29. The Balaban J connectivity index is 2.10. The minimum atomic E-state index is -0.251. The van der Waals surface area contributed by atoms with Gasteiger partial charge in [-0.2, -0.15) is 0 Å². The lowest BCUT2D eigenvalue weighted by Crippen LogP contribution is -2.33. The molecule has 0 amide bonds. The Morgan fingerprint density at radius 2 is 2.11 bits per heavy atom. The Labute approximate surface area is 108 Å². The minimum Gasteiger partial charge on any atom is -0.457 e. The van der Waals surface area contributed by atoms with E-state index >= 15 is 0 Å². The molecule has 0 radical (unpaired) electrons. The minimum absolute atomic E-state index is 0.0938. The van der Waals surface area contributed by atoms with E-state index in [0.717, 1.165) is 24.8 Å². The molecule has 1 aromatic carbocycles. The van der Waals surface area contributed by atoms with Crippen molar-refractivity contribution in [3.05, 3.63) is 35.4 Å². The number of carbonyl (C=O) groups excluding carboxylic acids is 1. The van der Waals surface area contributed by atoms with Crippen LogP contribution in [0.1, 0.15) is 43.9 Å². The van der Waals surface area contributed by atoms with Crippen LogP contribution in [0.3, 0.4) is 0 Å². The largest absolute Gasteiger partial charge is 0.457 e. The van der Waals surface area contributed by atoms with Gasteiger partial charge in [0.2, 0.25) is 0 Å². The Bertz CT molecular complexity index is 428. The molecule has 0 aromatic heterocycles. The highest BCUT2D eigenvalue weighted by Gasteiger charge is 2.26. The number of rotatable bonds is 3. The van der Waals surface area contributed by atoms with Gasteiger partial charge in [-0.3, -0.25) is 4.79 Å². The summed E-state index contributed by atoms with van der Waals surface area (Å²) in [5.41, 5.74) is 8.20. The quantitative estimate of drug-likeness (QED) is 0.835. The van der Waals surface area contributed by atoms with E-state index in [9.17, 15) is 4.79 Å². The molecular formula is C15H21NO2. The van der Waals surface area contributed by atoms with Crippen molar-refractivity contribution in [1.29, 1.82) is 0 Å². The lowest BCUT2D eigenvalue weighted by molar-refractivity contribution is -0.155. The second-order valence-corrected chi connectivity index (χ2v) is 5.16. The summed E-state index contributed by atoms with van der Waals surface area (Å²) in [7, 11) is 0. The third kappa shape index (κ3) is 2.72. The van der Waals surface area contributed by atoms with E-state index in [1.54, 1.807) is 0 Å². The Morgan fingerprint density at radius 3 is 2.83 bits per heavy atom. The van der Waals surface area contributed by atoms with E-state index in [1.165, 1.54) is 5.56 Å². The molecule has 0 aliphatic heterocycles. The number of aryl methyl sites for hydroxylation is 1. The van der Waals surface area contributed by atoms with Crippen molar-refractivity contribution in [1.82, 2.24) is 0 Å². The summed E-state index contributed by atoms with van der Waals surface area (Å²) in [5, 5.41) is 0. The first-order chi connectivity index (χ1) is 8.59. The molecule has 0 saturated heterocycles. The first kappa shape index (κ1) is 13.1. The Morgan fingerprint density at radius 1 is 1.39 bits per heavy atom. The van der Waals surface area contributed by atoms with Gasteiger partial charge in [0, 0.05) is 6.04 Å². The van der Waals surface area contributed by atoms with E-state index in [-0.39, 0.29) is 24.0 Å². The van der Waals surface area contributed by atoms with Crippen LogP contribution in [0.15, 0.2) is 24.3 Å². The molecule has 0 spiro atoms. The first-order valence-electron chi connectivity index (χ1n) is 6.63. The average molecular weight is 247 g/mol. The predicted octanol–water partition coefficient (Wildman–Crippen LogP) is 2.59. The molecule has 98 valence electrons. The third-order valence-electron chi connectivity index (χ3n) is 3.73. The van der Waals surface area contributed by atoms with Gasteiger partial charge in [0.15, 0.2) is 0 Å². The molecule has 0 saturated carbocycles. The fourth-order valence-electron chi connectivity index (χ4n) is 2.29. The second kappa shape index (κ2) is 5.53. The molecular weight excluding hydrogens is 226 g/mol. The summed E-state index contributed by atoms with van der Waals surface area (Å²) in [6, 6.07) is 8.04. The van der Waals surface area contributed by atoms with Gasteiger partial charge in [0.05, 0.1) is 5.92 Å². The summed E-state index contributed by atoms with van der Waals surface area (Å²) in [5.74, 6) is -0.439. The summed E-state index contributed by atoms with van der Waals surface area (Å²) < 4.78 is 5.62. The molecule has 0 fully saturated rings. The molecule has 0 heterocycles. The van der Waals surface area contributed by atoms with Crippen LogP contribution in [0.4, 0.5) is 0 Å². The maximum absolute atomic E-state index is 12.0. The van der Waals surface area contributed by atoms with Crippen LogP contribution in [-0.2, 0) is 16.0 Å². The van der Waals surface area contributed by atoms with E-state index in [1.807, 2.05) is 26.0 Å². The number of hydrogen-bond donors (Lipinski definition) is 1. The fraction of sp³-hybridized carbons (Fsp3) is 0.533. The van der Waals surface area contributed by atoms with Crippen molar-refractivity contribution in [2.75, 3.05) is 0 Å². The van der Waals surface area contributed by atoms with Crippen molar-refractivity contribution in [2.24, 2.45) is 11.7 Å². The second-order valence-electron chi connectivity index (χ2n) is 5.16. The zero-order chi connectivity index (χ0) is 13.1. The van der Waals surface area contributed by atoms with Crippen molar-refractivity contribution in [3.63, 3.8) is 0 Å². The molecule has 1 aliphatic rings. The summed E-state index contributed by atoms with van der Waals surface area (Å²) in [4.78, 5) is 12.0. The molecule has 2 rings (SSSR count). The predicted molar refractivity (Wildman–Crippen MR) is 71.0 cm³/mol. The van der Waals surface area contributed by atoms with Crippen molar-refractivity contribution < 1.29 is 9.53 Å². The maximum atomic E-state index is 12.0. The van der Waals surface area contributed by atoms with E-state index in [4.69, 9.17) is 10.5 Å². The van der Waals surface area contributed by atoms with Gasteiger partial charge in [0.1, 0.15) is 6.10 Å². The highest BCUT2D eigenvalue weighted by Crippen LogP contribution is 2.32. The molecule has 3 heteroatoms. The molecule has 2 N–H and O–H groups in total. The number of esters is 1. The Hall–Kier alpha value is -1.35. The van der Waals surface area contributed by atoms with Gasteiger partial charge < -0.3 is 10.5 Å². The van der Waals surface area contributed by atoms with Crippen molar-refractivity contribution in [3.8, 4) is 0 Å². The number of benzene rings is 1. The Kier molecular flexibility index (Phi) is 4.02.